The molecular formula is C14H16N2O4. The van der Waals surface area contributed by atoms with Gasteiger partial charge in [-0.1, -0.05) is 6.07 Å². The number of amides is 1. The van der Waals surface area contributed by atoms with Gasteiger partial charge >= 0.3 is 0 Å². The van der Waals surface area contributed by atoms with E-state index in [0.717, 1.165) is 5.56 Å². The number of piperidine rings is 1. The summed E-state index contributed by atoms with van der Waals surface area (Å²) >= 11 is 0. The molecule has 2 N–H and O–H groups in total. The number of likely N-dealkylation sites (tertiary alicyclic amines) is 1. The molecule has 0 saturated carbocycles. The third-order valence-electron chi connectivity index (χ3n) is 3.70. The van der Waals surface area contributed by atoms with E-state index >= 15 is 0 Å². The van der Waals surface area contributed by atoms with Gasteiger partial charge < -0.3 is 15.2 Å². The summed E-state index contributed by atoms with van der Waals surface area (Å²) in [7, 11) is 0. The van der Waals surface area contributed by atoms with Gasteiger partial charge in [-0.3, -0.25) is 14.5 Å². The van der Waals surface area contributed by atoms with E-state index in [4.69, 9.17) is 15.2 Å². The summed E-state index contributed by atoms with van der Waals surface area (Å²) in [5, 5.41) is 0. The van der Waals surface area contributed by atoms with Gasteiger partial charge in [-0.2, -0.15) is 0 Å². The topological polar surface area (TPSA) is 81.9 Å². The van der Waals surface area contributed by atoms with Crippen LogP contribution in [0.4, 0.5) is 0 Å². The molecule has 1 saturated heterocycles. The van der Waals surface area contributed by atoms with Crippen LogP contribution in [-0.4, -0.2) is 36.5 Å². The van der Waals surface area contributed by atoms with Gasteiger partial charge in [0.05, 0.1) is 0 Å². The first-order valence-corrected chi connectivity index (χ1v) is 6.60. The maximum atomic E-state index is 11.8. The highest BCUT2D eigenvalue weighted by atomic mass is 16.7. The van der Waals surface area contributed by atoms with E-state index in [9.17, 15) is 9.59 Å². The number of hydrogen-bond acceptors (Lipinski definition) is 5. The number of Topliss-reactive ketones (excluding diaryl/α,β-unsaturated/α-hetero) is 1. The first kappa shape index (κ1) is 12.9. The quantitative estimate of drug-likeness (QED) is 0.874. The van der Waals surface area contributed by atoms with Crippen LogP contribution in [0.5, 0.6) is 11.5 Å². The zero-order valence-corrected chi connectivity index (χ0v) is 11.0. The smallest absolute Gasteiger partial charge is 0.239 e. The van der Waals surface area contributed by atoms with Crippen molar-refractivity contribution >= 4 is 11.7 Å². The Bertz CT molecular complexity index is 548. The van der Waals surface area contributed by atoms with E-state index in [1.54, 1.807) is 12.1 Å². The molecule has 2 heterocycles. The van der Waals surface area contributed by atoms with Crippen LogP contribution in [0.15, 0.2) is 18.2 Å². The molecule has 3 rings (SSSR count). The number of nitrogens with zero attached hydrogens (tertiary/aromatic N) is 1. The lowest BCUT2D eigenvalue weighted by molar-refractivity contribution is -0.128. The molecule has 0 aromatic heterocycles. The number of benzene rings is 1. The zero-order valence-electron chi connectivity index (χ0n) is 11.0. The minimum Gasteiger partial charge on any atom is -0.454 e. The molecule has 1 atom stereocenters. The van der Waals surface area contributed by atoms with Gasteiger partial charge in [0.25, 0.3) is 0 Å². The van der Waals surface area contributed by atoms with Crippen LogP contribution in [0.25, 0.3) is 0 Å². The Morgan fingerprint density at radius 1 is 1.20 bits per heavy atom. The van der Waals surface area contributed by atoms with Crippen molar-refractivity contribution in [3.63, 3.8) is 0 Å². The second kappa shape index (κ2) is 5.13. The van der Waals surface area contributed by atoms with E-state index in [0.29, 0.717) is 37.4 Å². The first-order valence-electron chi connectivity index (χ1n) is 6.60. The lowest BCUT2D eigenvalue weighted by atomic mass is 10.0. The lowest BCUT2D eigenvalue weighted by Gasteiger charge is -2.32. The molecule has 1 aromatic rings. The molecule has 1 amide bonds. The molecule has 6 nitrogen and oxygen atoms in total. The van der Waals surface area contributed by atoms with Gasteiger partial charge in [0.2, 0.25) is 12.7 Å². The number of carbonyl (C=O) groups excluding carboxylic acids is 2. The van der Waals surface area contributed by atoms with Crippen LogP contribution in [0, 0.1) is 0 Å². The van der Waals surface area contributed by atoms with Gasteiger partial charge in [0, 0.05) is 25.9 Å². The molecule has 1 aromatic carbocycles. The monoisotopic (exact) mass is 276 g/mol. The van der Waals surface area contributed by atoms with Crippen LogP contribution in [0.1, 0.15) is 24.4 Å². The largest absolute Gasteiger partial charge is 0.454 e. The predicted molar refractivity (Wildman–Crippen MR) is 70.3 cm³/mol. The number of hydrogen-bond donors (Lipinski definition) is 1. The number of rotatable bonds is 3. The van der Waals surface area contributed by atoms with Crippen molar-refractivity contribution in [1.29, 1.82) is 0 Å². The van der Waals surface area contributed by atoms with Crippen molar-refractivity contribution in [3.05, 3.63) is 23.8 Å². The minimum absolute atomic E-state index is 0.193. The molecule has 2 aliphatic heterocycles. The fraction of sp³-hybridized carbons (Fsp3) is 0.429. The van der Waals surface area contributed by atoms with Crippen molar-refractivity contribution in [3.8, 4) is 11.5 Å². The van der Waals surface area contributed by atoms with Crippen molar-refractivity contribution < 1.29 is 19.1 Å². The molecule has 2 aliphatic rings. The molecule has 1 unspecified atom stereocenters. The summed E-state index contributed by atoms with van der Waals surface area (Å²) in [5.74, 6) is 1.11. The summed E-state index contributed by atoms with van der Waals surface area (Å²) in [4.78, 5) is 25.1. The minimum atomic E-state index is -0.530. The highest BCUT2D eigenvalue weighted by Crippen LogP contribution is 2.35. The number of primary amides is 1. The Kier molecular flexibility index (Phi) is 3.31. The Hall–Kier alpha value is -2.08. The Labute approximate surface area is 116 Å². The summed E-state index contributed by atoms with van der Waals surface area (Å²) in [6.45, 7) is 1.31. The van der Waals surface area contributed by atoms with Gasteiger partial charge in [-0.05, 0) is 17.7 Å². The number of ether oxygens (including phenoxy) is 2. The van der Waals surface area contributed by atoms with Crippen LogP contribution in [0.2, 0.25) is 0 Å². The fourth-order valence-corrected chi connectivity index (χ4v) is 2.67. The molecular weight excluding hydrogens is 260 g/mol. The van der Waals surface area contributed by atoms with E-state index in [1.165, 1.54) is 0 Å². The summed E-state index contributed by atoms with van der Waals surface area (Å²) in [5.41, 5.74) is 6.32. The molecule has 0 spiro atoms. The summed E-state index contributed by atoms with van der Waals surface area (Å²) in [6.07, 6.45) is 0.933. The first-order chi connectivity index (χ1) is 9.65. The van der Waals surface area contributed by atoms with Gasteiger partial charge in [0.1, 0.15) is 11.8 Å². The molecule has 106 valence electrons. The van der Waals surface area contributed by atoms with Crippen molar-refractivity contribution in [2.24, 2.45) is 5.73 Å². The fourth-order valence-electron chi connectivity index (χ4n) is 2.67. The van der Waals surface area contributed by atoms with E-state index < -0.39 is 11.9 Å². The highest BCUT2D eigenvalue weighted by Gasteiger charge is 2.30. The maximum absolute atomic E-state index is 11.8. The Morgan fingerprint density at radius 3 is 2.60 bits per heavy atom. The molecule has 20 heavy (non-hydrogen) atoms. The third-order valence-corrected chi connectivity index (χ3v) is 3.70. The van der Waals surface area contributed by atoms with Crippen molar-refractivity contribution in [2.75, 3.05) is 19.9 Å². The molecule has 0 bridgehead atoms. The predicted octanol–water partition coefficient (Wildman–Crippen LogP) is 0.607. The third kappa shape index (κ3) is 2.34. The van der Waals surface area contributed by atoms with Crippen LogP contribution in [0.3, 0.4) is 0 Å². The molecule has 1 fully saturated rings. The summed E-state index contributed by atoms with van der Waals surface area (Å²) in [6, 6.07) is 4.86. The van der Waals surface area contributed by atoms with E-state index in [1.807, 2.05) is 11.0 Å². The Morgan fingerprint density at radius 2 is 1.90 bits per heavy atom. The number of carbonyl (C=O) groups is 2. The average molecular weight is 276 g/mol. The number of fused-ring (bicyclic) bond motifs is 1. The lowest BCUT2D eigenvalue weighted by Crippen LogP contribution is -2.42. The summed E-state index contributed by atoms with van der Waals surface area (Å²) < 4.78 is 10.6. The van der Waals surface area contributed by atoms with Gasteiger partial charge in [0.15, 0.2) is 11.5 Å². The standard InChI is InChI=1S/C14H16N2O4/c15-14(18)13(16-5-3-10(17)4-6-16)9-1-2-11-12(7-9)20-8-19-11/h1-2,7,13H,3-6,8H2,(H2,15,18). The van der Waals surface area contributed by atoms with E-state index in [-0.39, 0.29) is 12.6 Å². The second-order valence-electron chi connectivity index (χ2n) is 4.99. The van der Waals surface area contributed by atoms with Crippen molar-refractivity contribution in [2.45, 2.75) is 18.9 Å². The van der Waals surface area contributed by atoms with Crippen molar-refractivity contribution in [1.82, 2.24) is 4.90 Å². The van der Waals surface area contributed by atoms with Crippen LogP contribution >= 0.6 is 0 Å². The SMILES string of the molecule is NC(=O)C(c1ccc2c(c1)OCO2)N1CCC(=O)CC1. The highest BCUT2D eigenvalue weighted by molar-refractivity contribution is 5.83. The second-order valence-corrected chi connectivity index (χ2v) is 4.99. The average Bonchev–Trinajstić information content (AvgIpc) is 2.88. The van der Waals surface area contributed by atoms with Gasteiger partial charge in [-0.15, -0.1) is 0 Å². The molecule has 0 aliphatic carbocycles. The zero-order chi connectivity index (χ0) is 14.1. The van der Waals surface area contributed by atoms with Crippen LogP contribution in [-0.2, 0) is 9.59 Å². The number of ketones is 1. The number of nitrogens with two attached hydrogens (primary N) is 1. The normalized spacial score (nSPS) is 19.9. The Balaban J connectivity index is 1.87. The van der Waals surface area contributed by atoms with Gasteiger partial charge in [-0.25, -0.2) is 0 Å². The molecule has 6 heteroatoms. The van der Waals surface area contributed by atoms with Crippen LogP contribution < -0.4 is 15.2 Å². The van der Waals surface area contributed by atoms with E-state index in [2.05, 4.69) is 0 Å². The maximum Gasteiger partial charge on any atom is 0.239 e. The molecule has 0 radical (unpaired) electrons.